The second-order valence-electron chi connectivity index (χ2n) is 6.42. The van der Waals surface area contributed by atoms with Crippen molar-refractivity contribution in [3.63, 3.8) is 0 Å². The number of carbonyl (C=O) groups excluding carboxylic acids is 2. The number of anilines is 2. The van der Waals surface area contributed by atoms with Gasteiger partial charge in [-0.2, -0.15) is 0 Å². The number of ether oxygens (including phenoxy) is 1. The molecule has 2 N–H and O–H groups in total. The number of hydrogen-bond acceptors (Lipinski definition) is 5. The number of ketones is 1. The highest BCUT2D eigenvalue weighted by atomic mass is 32.2. The van der Waals surface area contributed by atoms with Gasteiger partial charge in [0.1, 0.15) is 5.75 Å². The van der Waals surface area contributed by atoms with Crippen LogP contribution in [0.2, 0.25) is 0 Å². The van der Waals surface area contributed by atoms with Crippen LogP contribution < -0.4 is 14.8 Å². The topological polar surface area (TPSA) is 102 Å². The molecule has 7 nitrogen and oxygen atoms in total. The molecule has 0 aliphatic carbocycles. The maximum Gasteiger partial charge on any atom is 0.261 e. The zero-order valence-corrected chi connectivity index (χ0v) is 17.2. The highest BCUT2D eigenvalue weighted by Crippen LogP contribution is 2.23. The Hall–Kier alpha value is -3.65. The lowest BCUT2D eigenvalue weighted by Crippen LogP contribution is -2.18. The number of nitrogens with one attached hydrogen (secondary N) is 2. The lowest BCUT2D eigenvalue weighted by Gasteiger charge is -2.13. The Bertz CT molecular complexity index is 1190. The number of carbonyl (C=O) groups is 2. The van der Waals surface area contributed by atoms with E-state index in [0.29, 0.717) is 17.0 Å². The normalized spacial score (nSPS) is 10.9. The van der Waals surface area contributed by atoms with E-state index in [9.17, 15) is 18.0 Å². The first-order valence-corrected chi connectivity index (χ1v) is 10.5. The molecule has 0 fully saturated rings. The third-order valence-corrected chi connectivity index (χ3v) is 5.69. The SMILES string of the molecule is COc1ccc(S(=O)(=O)Nc2ccccc2C(=O)Nc2cccc(C(C)=O)c2)cc1. The number of hydrogen-bond donors (Lipinski definition) is 2. The summed E-state index contributed by atoms with van der Waals surface area (Å²) in [4.78, 5) is 24.4. The van der Waals surface area contributed by atoms with Crippen LogP contribution in [0.15, 0.2) is 77.7 Å². The fraction of sp³-hybridized carbons (Fsp3) is 0.0909. The van der Waals surface area contributed by atoms with Gasteiger partial charge in [-0.3, -0.25) is 14.3 Å². The van der Waals surface area contributed by atoms with E-state index in [0.717, 1.165) is 0 Å². The third-order valence-electron chi connectivity index (χ3n) is 4.31. The minimum atomic E-state index is -3.92. The Kier molecular flexibility index (Phi) is 6.17. The Labute approximate surface area is 174 Å². The van der Waals surface area contributed by atoms with Gasteiger partial charge < -0.3 is 10.1 Å². The third kappa shape index (κ3) is 4.84. The highest BCUT2D eigenvalue weighted by Gasteiger charge is 2.19. The van der Waals surface area contributed by atoms with Crippen molar-refractivity contribution in [1.82, 2.24) is 0 Å². The summed E-state index contributed by atoms with van der Waals surface area (Å²) < 4.78 is 33.0. The molecule has 0 spiro atoms. The quantitative estimate of drug-likeness (QED) is 0.559. The Morgan fingerprint density at radius 1 is 0.900 bits per heavy atom. The maximum absolute atomic E-state index is 12.8. The van der Waals surface area contributed by atoms with Crippen LogP contribution in [0.3, 0.4) is 0 Å². The summed E-state index contributed by atoms with van der Waals surface area (Å²) in [6.07, 6.45) is 0. The zero-order chi connectivity index (χ0) is 21.7. The summed E-state index contributed by atoms with van der Waals surface area (Å²) in [6, 6.07) is 18.7. The maximum atomic E-state index is 12.8. The highest BCUT2D eigenvalue weighted by molar-refractivity contribution is 7.92. The van der Waals surface area contributed by atoms with E-state index >= 15 is 0 Å². The monoisotopic (exact) mass is 424 g/mol. The minimum absolute atomic E-state index is 0.0349. The molecular weight excluding hydrogens is 404 g/mol. The fourth-order valence-corrected chi connectivity index (χ4v) is 3.82. The van der Waals surface area contributed by atoms with Crippen LogP contribution in [0.4, 0.5) is 11.4 Å². The molecule has 0 saturated heterocycles. The van der Waals surface area contributed by atoms with E-state index in [1.165, 1.54) is 50.4 Å². The van der Waals surface area contributed by atoms with Crippen LogP contribution in [0.1, 0.15) is 27.6 Å². The molecule has 154 valence electrons. The molecule has 0 radical (unpaired) electrons. The van der Waals surface area contributed by atoms with Crippen molar-refractivity contribution >= 4 is 33.1 Å². The first-order valence-electron chi connectivity index (χ1n) is 8.98. The average molecular weight is 424 g/mol. The van der Waals surface area contributed by atoms with Crippen molar-refractivity contribution in [2.45, 2.75) is 11.8 Å². The summed E-state index contributed by atoms with van der Waals surface area (Å²) in [5.41, 5.74) is 1.16. The van der Waals surface area contributed by atoms with Crippen LogP contribution in [-0.2, 0) is 10.0 Å². The predicted molar refractivity (Wildman–Crippen MR) is 115 cm³/mol. The van der Waals surface area contributed by atoms with Gasteiger partial charge >= 0.3 is 0 Å². The molecule has 1 amide bonds. The Balaban J connectivity index is 1.85. The van der Waals surface area contributed by atoms with Crippen molar-refractivity contribution in [2.24, 2.45) is 0 Å². The molecule has 3 aromatic carbocycles. The van der Waals surface area contributed by atoms with Crippen molar-refractivity contribution in [3.8, 4) is 5.75 Å². The number of sulfonamides is 1. The molecular formula is C22H20N2O5S. The summed E-state index contributed by atoms with van der Waals surface area (Å²) >= 11 is 0. The van der Waals surface area contributed by atoms with E-state index in [1.807, 2.05) is 0 Å². The minimum Gasteiger partial charge on any atom is -0.497 e. The second-order valence-corrected chi connectivity index (χ2v) is 8.10. The summed E-state index contributed by atoms with van der Waals surface area (Å²) in [6.45, 7) is 1.43. The van der Waals surface area contributed by atoms with Crippen LogP contribution in [0.5, 0.6) is 5.75 Å². The molecule has 0 unspecified atom stereocenters. The molecule has 3 rings (SSSR count). The molecule has 30 heavy (non-hydrogen) atoms. The molecule has 0 saturated carbocycles. The predicted octanol–water partition coefficient (Wildman–Crippen LogP) is 3.95. The molecule has 0 aromatic heterocycles. The molecule has 8 heteroatoms. The molecule has 0 bridgehead atoms. The van der Waals surface area contributed by atoms with E-state index < -0.39 is 15.9 Å². The van der Waals surface area contributed by atoms with E-state index in [4.69, 9.17) is 4.74 Å². The van der Waals surface area contributed by atoms with Crippen molar-refractivity contribution < 1.29 is 22.7 Å². The number of Topliss-reactive ketones (excluding diaryl/α,β-unsaturated/α-hetero) is 1. The number of para-hydroxylation sites is 1. The van der Waals surface area contributed by atoms with Crippen LogP contribution in [-0.4, -0.2) is 27.2 Å². The first-order chi connectivity index (χ1) is 14.3. The van der Waals surface area contributed by atoms with Gasteiger partial charge in [-0.15, -0.1) is 0 Å². The van der Waals surface area contributed by atoms with Crippen molar-refractivity contribution in [1.29, 1.82) is 0 Å². The number of rotatable bonds is 7. The molecule has 3 aromatic rings. The van der Waals surface area contributed by atoms with Crippen molar-refractivity contribution in [3.05, 3.63) is 83.9 Å². The average Bonchev–Trinajstić information content (AvgIpc) is 2.74. The molecule has 0 heterocycles. The van der Waals surface area contributed by atoms with Crippen LogP contribution in [0, 0.1) is 0 Å². The van der Waals surface area contributed by atoms with Crippen LogP contribution in [0.25, 0.3) is 0 Å². The zero-order valence-electron chi connectivity index (χ0n) is 16.4. The van der Waals surface area contributed by atoms with Gasteiger partial charge in [0, 0.05) is 11.3 Å². The number of amides is 1. The smallest absolute Gasteiger partial charge is 0.261 e. The number of methoxy groups -OCH3 is 1. The van der Waals surface area contributed by atoms with Gasteiger partial charge in [-0.05, 0) is 55.5 Å². The summed E-state index contributed by atoms with van der Waals surface area (Å²) in [5, 5.41) is 2.69. The van der Waals surface area contributed by atoms with Crippen molar-refractivity contribution in [2.75, 3.05) is 17.1 Å². The Morgan fingerprint density at radius 2 is 1.60 bits per heavy atom. The summed E-state index contributed by atoms with van der Waals surface area (Å²) in [7, 11) is -2.43. The lowest BCUT2D eigenvalue weighted by atomic mass is 10.1. The summed E-state index contributed by atoms with van der Waals surface area (Å²) in [5.74, 6) is -0.107. The van der Waals surface area contributed by atoms with E-state index in [1.54, 1.807) is 36.4 Å². The second kappa shape index (κ2) is 8.79. The number of benzene rings is 3. The van der Waals surface area contributed by atoms with Gasteiger partial charge in [-0.1, -0.05) is 24.3 Å². The molecule has 0 aliphatic rings. The van der Waals surface area contributed by atoms with Gasteiger partial charge in [0.05, 0.1) is 23.3 Å². The first kappa shape index (κ1) is 21.1. The van der Waals surface area contributed by atoms with Gasteiger partial charge in [0.2, 0.25) is 0 Å². The van der Waals surface area contributed by atoms with Gasteiger partial charge in [0.15, 0.2) is 5.78 Å². The Morgan fingerprint density at radius 3 is 2.27 bits per heavy atom. The van der Waals surface area contributed by atoms with E-state index in [-0.39, 0.29) is 21.9 Å². The molecule has 0 atom stereocenters. The van der Waals surface area contributed by atoms with Crippen LogP contribution >= 0.6 is 0 Å². The lowest BCUT2D eigenvalue weighted by molar-refractivity contribution is 0.101. The van der Waals surface area contributed by atoms with Gasteiger partial charge in [0.25, 0.3) is 15.9 Å². The standard InChI is InChI=1S/C22H20N2O5S/c1-15(25)16-6-5-7-17(14-16)23-22(26)20-8-3-4-9-21(20)24-30(27,28)19-12-10-18(29-2)11-13-19/h3-14,24H,1-2H3,(H,23,26). The largest absolute Gasteiger partial charge is 0.497 e. The van der Waals surface area contributed by atoms with E-state index in [2.05, 4.69) is 10.0 Å². The fourth-order valence-electron chi connectivity index (χ4n) is 2.74. The van der Waals surface area contributed by atoms with Gasteiger partial charge in [-0.25, -0.2) is 8.42 Å². The molecule has 0 aliphatic heterocycles.